The first-order valence-corrected chi connectivity index (χ1v) is 13.8. The van der Waals surface area contributed by atoms with E-state index >= 15 is 0 Å². The van der Waals surface area contributed by atoms with Gasteiger partial charge in [-0.25, -0.2) is 4.90 Å². The van der Waals surface area contributed by atoms with E-state index in [0.29, 0.717) is 37.6 Å². The van der Waals surface area contributed by atoms with Crippen LogP contribution >= 0.6 is 27.5 Å². The maximum Gasteiger partial charge on any atom is 0.240 e. The molecule has 200 valence electrons. The number of Topliss-reactive ketones (excluding diaryl/α,β-unsaturated/α-hetero) is 2. The molecule has 2 saturated heterocycles. The minimum absolute atomic E-state index is 0.201. The summed E-state index contributed by atoms with van der Waals surface area (Å²) in [7, 11) is 1.53. The smallest absolute Gasteiger partial charge is 0.240 e. The molecule has 0 aliphatic carbocycles. The van der Waals surface area contributed by atoms with Gasteiger partial charge in [0.1, 0.15) is 11.8 Å². The summed E-state index contributed by atoms with van der Waals surface area (Å²) in [4.78, 5) is 58.0. The predicted molar refractivity (Wildman–Crippen MR) is 153 cm³/mol. The Morgan fingerprint density at radius 3 is 2.27 bits per heavy atom. The first-order chi connectivity index (χ1) is 19.3. The van der Waals surface area contributed by atoms with Crippen LogP contribution in [-0.4, -0.2) is 47.5 Å². The maximum absolute atomic E-state index is 14.0. The second-order valence-corrected chi connectivity index (χ2v) is 11.1. The third kappa shape index (κ3) is 4.19. The van der Waals surface area contributed by atoms with Gasteiger partial charge in [-0.2, -0.15) is 0 Å². The van der Waals surface area contributed by atoms with Gasteiger partial charge in [-0.05, 0) is 64.5 Å². The van der Waals surface area contributed by atoms with Crippen molar-refractivity contribution in [2.24, 2.45) is 11.8 Å². The number of allylic oxidation sites excluding steroid dienone is 2. The van der Waals surface area contributed by atoms with Crippen LogP contribution in [0.15, 0.2) is 101 Å². The lowest BCUT2D eigenvalue weighted by Crippen LogP contribution is -2.46. The Bertz CT molecular complexity index is 1620. The summed E-state index contributed by atoms with van der Waals surface area (Å²) in [6.07, 6.45) is 5.01. The number of ketones is 2. The van der Waals surface area contributed by atoms with Crippen molar-refractivity contribution in [3.05, 3.63) is 117 Å². The number of halogens is 2. The maximum atomic E-state index is 14.0. The average molecular weight is 618 g/mol. The second-order valence-electron chi connectivity index (χ2n) is 9.77. The first-order valence-electron chi connectivity index (χ1n) is 12.6. The van der Waals surface area contributed by atoms with Crippen LogP contribution in [0.4, 0.5) is 5.69 Å². The Hall–Kier alpha value is -4.01. The van der Waals surface area contributed by atoms with Crippen molar-refractivity contribution in [2.75, 3.05) is 12.0 Å². The first kappa shape index (κ1) is 26.2. The molecule has 6 rings (SSSR count). The molecule has 2 fully saturated rings. The van der Waals surface area contributed by atoms with Gasteiger partial charge >= 0.3 is 0 Å². The van der Waals surface area contributed by atoms with E-state index in [4.69, 9.17) is 16.3 Å². The number of carbonyl (C=O) groups is 4. The molecule has 3 aliphatic heterocycles. The van der Waals surface area contributed by atoms with Gasteiger partial charge < -0.3 is 9.64 Å². The number of benzene rings is 3. The monoisotopic (exact) mass is 616 g/mol. The highest BCUT2D eigenvalue weighted by Crippen LogP contribution is 2.47. The number of carbonyl (C=O) groups excluding carboxylic acids is 4. The summed E-state index contributed by atoms with van der Waals surface area (Å²) in [6.45, 7) is 0. The topological polar surface area (TPSA) is 84.0 Å². The second kappa shape index (κ2) is 10.2. The summed E-state index contributed by atoms with van der Waals surface area (Å²) < 4.78 is 5.89. The van der Waals surface area contributed by atoms with Crippen molar-refractivity contribution in [2.45, 2.75) is 12.1 Å². The molecule has 3 heterocycles. The van der Waals surface area contributed by atoms with Crippen LogP contribution in [0.25, 0.3) is 0 Å². The zero-order chi connectivity index (χ0) is 28.1. The number of hydrogen-bond donors (Lipinski definition) is 0. The van der Waals surface area contributed by atoms with Crippen molar-refractivity contribution < 1.29 is 23.9 Å². The SMILES string of the molecule is COc1ccc(C(=O)[C@@H]2[C@@H]3C(=O)N(c4ccc(Cl)cc4)C(=O)[C@H]3[C@H]3C=C(C(=O)c4ccccc4)C=CN32)cc1Br. The molecule has 40 heavy (non-hydrogen) atoms. The Balaban J connectivity index is 1.43. The molecule has 2 amide bonds. The van der Waals surface area contributed by atoms with Crippen molar-refractivity contribution >= 4 is 56.6 Å². The molecular formula is C31H22BrClN2O5. The summed E-state index contributed by atoms with van der Waals surface area (Å²) in [6, 6.07) is 18.6. The van der Waals surface area contributed by atoms with E-state index in [1.807, 2.05) is 6.07 Å². The number of amides is 2. The van der Waals surface area contributed by atoms with Crippen molar-refractivity contribution in [3.63, 3.8) is 0 Å². The molecule has 3 aromatic carbocycles. The molecule has 3 aliphatic rings. The molecule has 0 aromatic heterocycles. The van der Waals surface area contributed by atoms with E-state index in [9.17, 15) is 19.2 Å². The standard InChI is InChI=1S/C31H22BrClN2O5/c1-40-24-12-7-18(15-22(24)32)29(37)27-26-25(30(38)35(31(26)39)21-10-8-20(33)9-11-21)23-16-19(13-14-34(23)27)28(36)17-5-3-2-4-6-17/h2-16,23,25-27H,1H3/t23-,25+,26-,27+/m1/s1. The highest BCUT2D eigenvalue weighted by molar-refractivity contribution is 9.10. The van der Waals surface area contributed by atoms with Crippen molar-refractivity contribution in [1.82, 2.24) is 4.90 Å². The van der Waals surface area contributed by atoms with E-state index < -0.39 is 35.7 Å². The molecule has 3 aromatic rings. The van der Waals surface area contributed by atoms with E-state index in [-0.39, 0.29) is 11.6 Å². The number of ether oxygens (including phenoxy) is 1. The number of rotatable bonds is 6. The summed E-state index contributed by atoms with van der Waals surface area (Å²) in [5.41, 5.74) is 1.66. The molecule has 7 nitrogen and oxygen atoms in total. The number of anilines is 1. The average Bonchev–Trinajstić information content (AvgIpc) is 3.44. The van der Waals surface area contributed by atoms with E-state index in [1.54, 1.807) is 90.0 Å². The summed E-state index contributed by atoms with van der Waals surface area (Å²) in [5.74, 6) is -2.64. The van der Waals surface area contributed by atoms with Gasteiger partial charge in [0.2, 0.25) is 11.8 Å². The fraction of sp³-hybridized carbons (Fsp3) is 0.161. The summed E-state index contributed by atoms with van der Waals surface area (Å²) in [5, 5.41) is 0.469. The number of methoxy groups -OCH3 is 1. The molecule has 0 N–H and O–H groups in total. The van der Waals surface area contributed by atoms with Gasteiger partial charge in [0.05, 0.1) is 35.1 Å². The van der Waals surface area contributed by atoms with Crippen LogP contribution < -0.4 is 9.64 Å². The lowest BCUT2D eigenvalue weighted by molar-refractivity contribution is -0.123. The van der Waals surface area contributed by atoms with Crippen molar-refractivity contribution in [3.8, 4) is 5.75 Å². The van der Waals surface area contributed by atoms with Crippen LogP contribution in [-0.2, 0) is 9.59 Å². The highest BCUT2D eigenvalue weighted by atomic mass is 79.9. The minimum Gasteiger partial charge on any atom is -0.496 e. The molecule has 0 spiro atoms. The van der Waals surface area contributed by atoms with Gasteiger partial charge in [0, 0.05) is 27.9 Å². The molecule has 0 unspecified atom stereocenters. The largest absolute Gasteiger partial charge is 0.496 e. The summed E-state index contributed by atoms with van der Waals surface area (Å²) >= 11 is 9.47. The third-order valence-corrected chi connectivity index (χ3v) is 8.51. The molecule has 0 saturated carbocycles. The Kier molecular flexibility index (Phi) is 6.68. The van der Waals surface area contributed by atoms with Gasteiger partial charge in [-0.15, -0.1) is 0 Å². The third-order valence-electron chi connectivity index (χ3n) is 7.64. The van der Waals surface area contributed by atoms with Crippen LogP contribution in [0.5, 0.6) is 5.75 Å². The molecule has 0 radical (unpaired) electrons. The Morgan fingerprint density at radius 2 is 1.60 bits per heavy atom. The van der Waals surface area contributed by atoms with Crippen molar-refractivity contribution in [1.29, 1.82) is 0 Å². The lowest BCUT2D eigenvalue weighted by Gasteiger charge is -2.33. The Labute approximate surface area is 243 Å². The Morgan fingerprint density at radius 1 is 0.900 bits per heavy atom. The van der Waals surface area contributed by atoms with E-state index in [2.05, 4.69) is 15.9 Å². The molecular weight excluding hydrogens is 596 g/mol. The molecule has 4 atom stereocenters. The van der Waals surface area contributed by atoms with E-state index in [1.165, 1.54) is 7.11 Å². The van der Waals surface area contributed by atoms with Crippen LogP contribution in [0.1, 0.15) is 20.7 Å². The lowest BCUT2D eigenvalue weighted by atomic mass is 9.85. The van der Waals surface area contributed by atoms with Gasteiger partial charge in [-0.1, -0.05) is 48.0 Å². The number of hydrogen-bond acceptors (Lipinski definition) is 6. The van der Waals surface area contributed by atoms with Gasteiger partial charge in [0.15, 0.2) is 11.6 Å². The van der Waals surface area contributed by atoms with Gasteiger partial charge in [-0.3, -0.25) is 19.2 Å². The number of nitrogens with zero attached hydrogens (tertiary/aromatic N) is 2. The zero-order valence-corrected chi connectivity index (χ0v) is 23.5. The predicted octanol–water partition coefficient (Wildman–Crippen LogP) is 5.49. The van der Waals surface area contributed by atoms with Gasteiger partial charge in [0.25, 0.3) is 0 Å². The molecule has 0 bridgehead atoms. The highest BCUT2D eigenvalue weighted by Gasteiger charge is 2.63. The van der Waals surface area contributed by atoms with Crippen LogP contribution in [0.3, 0.4) is 0 Å². The fourth-order valence-corrected chi connectivity index (χ4v) is 6.46. The number of fused-ring (bicyclic) bond motifs is 3. The van der Waals surface area contributed by atoms with E-state index in [0.717, 1.165) is 4.90 Å². The minimum atomic E-state index is -0.954. The van der Waals surface area contributed by atoms with Crippen LogP contribution in [0.2, 0.25) is 5.02 Å². The zero-order valence-electron chi connectivity index (χ0n) is 21.2. The molecule has 9 heteroatoms. The van der Waals surface area contributed by atoms with Crippen LogP contribution in [0, 0.1) is 11.8 Å². The normalized spacial score (nSPS) is 23.1. The quantitative estimate of drug-likeness (QED) is 0.269. The fourth-order valence-electron chi connectivity index (χ4n) is 5.79. The number of imide groups is 1.